The lowest BCUT2D eigenvalue weighted by Crippen LogP contribution is -2.59. The Bertz CT molecular complexity index is 600. The van der Waals surface area contributed by atoms with Gasteiger partial charge in [-0.25, -0.2) is 0 Å². The molecule has 0 aromatic heterocycles. The number of nitrogens with one attached hydrogen (secondary N) is 1. The van der Waals surface area contributed by atoms with Crippen LogP contribution in [0.2, 0.25) is 0 Å². The molecule has 5 aliphatic rings. The van der Waals surface area contributed by atoms with E-state index in [1.54, 1.807) is 0 Å². The Kier molecular flexibility index (Phi) is 5.62. The van der Waals surface area contributed by atoms with Crippen molar-refractivity contribution in [3.05, 3.63) is 0 Å². The average Bonchev–Trinajstić information content (AvgIpc) is 3.26. The number of hydrogen-bond acceptors (Lipinski definition) is 6. The molecule has 2 aliphatic carbocycles. The van der Waals surface area contributed by atoms with Gasteiger partial charge in [-0.15, -0.1) is 0 Å². The fourth-order valence-corrected chi connectivity index (χ4v) is 5.66. The van der Waals surface area contributed by atoms with Gasteiger partial charge in [-0.1, -0.05) is 26.2 Å². The van der Waals surface area contributed by atoms with Crippen LogP contribution in [0, 0.1) is 0 Å². The summed E-state index contributed by atoms with van der Waals surface area (Å²) in [7, 11) is 0. The summed E-state index contributed by atoms with van der Waals surface area (Å²) >= 11 is 0. The van der Waals surface area contributed by atoms with Crippen molar-refractivity contribution in [3.8, 4) is 0 Å². The van der Waals surface area contributed by atoms with Crippen LogP contribution in [0.25, 0.3) is 0 Å². The third-order valence-electron chi connectivity index (χ3n) is 7.20. The van der Waals surface area contributed by atoms with Crippen molar-refractivity contribution in [2.45, 2.75) is 126 Å². The van der Waals surface area contributed by atoms with E-state index in [-0.39, 0.29) is 18.1 Å². The summed E-state index contributed by atoms with van der Waals surface area (Å²) in [5.41, 5.74) is 0. The molecule has 1 N–H and O–H groups in total. The third-order valence-corrected chi connectivity index (χ3v) is 7.20. The highest BCUT2D eigenvalue weighted by Crippen LogP contribution is 2.50. The summed E-state index contributed by atoms with van der Waals surface area (Å²) in [5.74, 6) is -1.31. The molecular weight excluding hydrogens is 374 g/mol. The molecule has 5 fully saturated rings. The molecule has 0 bridgehead atoms. The second kappa shape index (κ2) is 8.08. The summed E-state index contributed by atoms with van der Waals surface area (Å²) < 4.78 is 32.1. The lowest BCUT2D eigenvalue weighted by atomic mass is 9.94. The van der Waals surface area contributed by atoms with Gasteiger partial charge in [0.2, 0.25) is 0 Å². The van der Waals surface area contributed by atoms with Crippen molar-refractivity contribution >= 4 is 5.91 Å². The van der Waals surface area contributed by atoms with Crippen LogP contribution in [0.1, 0.15) is 84.0 Å². The van der Waals surface area contributed by atoms with Gasteiger partial charge in [-0.05, 0) is 32.1 Å². The zero-order chi connectivity index (χ0) is 19.9. The van der Waals surface area contributed by atoms with E-state index in [2.05, 4.69) is 12.2 Å². The molecule has 164 valence electrons. The molecule has 0 aromatic carbocycles. The number of fused-ring (bicyclic) bond motifs is 3. The van der Waals surface area contributed by atoms with E-state index in [1.165, 1.54) is 12.8 Å². The maximum absolute atomic E-state index is 13.0. The van der Waals surface area contributed by atoms with Crippen LogP contribution in [-0.2, 0) is 28.5 Å². The van der Waals surface area contributed by atoms with Crippen LogP contribution in [0.3, 0.4) is 0 Å². The second-order valence-electron chi connectivity index (χ2n) is 9.38. The highest BCUT2D eigenvalue weighted by molar-refractivity contribution is 5.81. The molecule has 7 nitrogen and oxygen atoms in total. The van der Waals surface area contributed by atoms with Crippen LogP contribution >= 0.6 is 0 Å². The van der Waals surface area contributed by atoms with Crippen LogP contribution in [0.15, 0.2) is 0 Å². The smallest absolute Gasteiger partial charge is 0.252 e. The SMILES string of the molecule is CCCCNC(=O)[C@@H]1O[C@@H]2OC3(CCCCC3)O[C@@H]2[C@H]2OC3(CCCCC3)O[C@H]21. The van der Waals surface area contributed by atoms with Gasteiger partial charge in [-0.2, -0.15) is 0 Å². The van der Waals surface area contributed by atoms with Crippen molar-refractivity contribution < 1.29 is 28.5 Å². The summed E-state index contributed by atoms with van der Waals surface area (Å²) in [6, 6.07) is 0. The molecule has 0 unspecified atom stereocenters. The minimum Gasteiger partial charge on any atom is -0.354 e. The highest BCUT2D eigenvalue weighted by Gasteiger charge is 2.65. The van der Waals surface area contributed by atoms with Crippen molar-refractivity contribution in [1.29, 1.82) is 0 Å². The predicted octanol–water partition coefficient (Wildman–Crippen LogP) is 3.15. The van der Waals surface area contributed by atoms with Gasteiger partial charge >= 0.3 is 0 Å². The van der Waals surface area contributed by atoms with Crippen molar-refractivity contribution in [3.63, 3.8) is 0 Å². The summed E-state index contributed by atoms with van der Waals surface area (Å²) in [4.78, 5) is 13.0. The Balaban J connectivity index is 1.37. The van der Waals surface area contributed by atoms with E-state index in [9.17, 15) is 4.79 Å². The summed E-state index contributed by atoms with van der Waals surface area (Å²) in [6.07, 6.45) is 9.84. The number of unbranched alkanes of at least 4 members (excludes halogenated alkanes) is 1. The Morgan fingerprint density at radius 3 is 2.07 bits per heavy atom. The molecule has 5 rings (SSSR count). The van der Waals surface area contributed by atoms with Gasteiger partial charge in [0.1, 0.15) is 18.3 Å². The Morgan fingerprint density at radius 2 is 1.41 bits per heavy atom. The normalized spacial score (nSPS) is 40.0. The monoisotopic (exact) mass is 409 g/mol. The first-order chi connectivity index (χ1) is 14.1. The van der Waals surface area contributed by atoms with Gasteiger partial charge < -0.3 is 29.0 Å². The van der Waals surface area contributed by atoms with Crippen LogP contribution in [0.5, 0.6) is 0 Å². The third kappa shape index (κ3) is 3.74. The van der Waals surface area contributed by atoms with Gasteiger partial charge in [-0.3, -0.25) is 4.79 Å². The first-order valence-corrected chi connectivity index (χ1v) is 11.8. The Hall–Kier alpha value is -0.730. The van der Waals surface area contributed by atoms with Crippen molar-refractivity contribution in [1.82, 2.24) is 5.32 Å². The van der Waals surface area contributed by atoms with E-state index in [0.717, 1.165) is 64.2 Å². The predicted molar refractivity (Wildman–Crippen MR) is 104 cm³/mol. The lowest BCUT2D eigenvalue weighted by molar-refractivity contribution is -0.247. The quantitative estimate of drug-likeness (QED) is 0.719. The number of rotatable bonds is 4. The number of ether oxygens (including phenoxy) is 5. The average molecular weight is 410 g/mol. The van der Waals surface area contributed by atoms with E-state index in [4.69, 9.17) is 23.7 Å². The molecule has 3 heterocycles. The molecule has 29 heavy (non-hydrogen) atoms. The highest BCUT2D eigenvalue weighted by atomic mass is 16.9. The van der Waals surface area contributed by atoms with E-state index < -0.39 is 30.1 Å². The van der Waals surface area contributed by atoms with E-state index in [0.29, 0.717) is 6.54 Å². The zero-order valence-electron chi connectivity index (χ0n) is 17.5. The van der Waals surface area contributed by atoms with E-state index >= 15 is 0 Å². The van der Waals surface area contributed by atoms with Crippen LogP contribution in [-0.4, -0.2) is 54.7 Å². The topological polar surface area (TPSA) is 75.3 Å². The molecular formula is C22H35NO6. The molecule has 2 spiro atoms. The maximum Gasteiger partial charge on any atom is 0.252 e. The minimum atomic E-state index is -0.721. The van der Waals surface area contributed by atoms with Gasteiger partial charge in [0.15, 0.2) is 24.0 Å². The molecule has 2 saturated carbocycles. The number of hydrogen-bond donors (Lipinski definition) is 1. The fourth-order valence-electron chi connectivity index (χ4n) is 5.66. The van der Waals surface area contributed by atoms with Gasteiger partial charge in [0.25, 0.3) is 5.91 Å². The Morgan fingerprint density at radius 1 is 0.828 bits per heavy atom. The van der Waals surface area contributed by atoms with Crippen molar-refractivity contribution in [2.24, 2.45) is 0 Å². The number of amides is 1. The fraction of sp³-hybridized carbons (Fsp3) is 0.955. The van der Waals surface area contributed by atoms with Gasteiger partial charge in [0, 0.05) is 32.2 Å². The second-order valence-corrected chi connectivity index (χ2v) is 9.38. The van der Waals surface area contributed by atoms with E-state index in [1.807, 2.05) is 0 Å². The Labute approximate surface area is 173 Å². The van der Waals surface area contributed by atoms with Gasteiger partial charge in [0.05, 0.1) is 0 Å². The molecule has 3 saturated heterocycles. The first kappa shape index (κ1) is 20.2. The number of carbonyl (C=O) groups is 1. The standard InChI is InChI=1S/C22H35NO6/c1-2-3-14-23-19(24)17-15-16(27-21(26-15)10-6-4-7-11-21)18-20(25-17)29-22(28-18)12-8-5-9-13-22/h15-18,20H,2-14H2,1H3,(H,23,24)/t15-,16+,17-,18-,20-/m1/s1. The molecule has 0 radical (unpaired) electrons. The zero-order valence-corrected chi connectivity index (χ0v) is 17.5. The molecule has 0 aromatic rings. The first-order valence-electron chi connectivity index (χ1n) is 11.8. The molecule has 7 heteroatoms. The summed E-state index contributed by atoms with van der Waals surface area (Å²) in [6.45, 7) is 2.76. The maximum atomic E-state index is 13.0. The van der Waals surface area contributed by atoms with Crippen LogP contribution < -0.4 is 5.32 Å². The largest absolute Gasteiger partial charge is 0.354 e. The molecule has 1 amide bonds. The lowest BCUT2D eigenvalue weighted by Gasteiger charge is -2.36. The van der Waals surface area contributed by atoms with Crippen molar-refractivity contribution in [2.75, 3.05) is 6.54 Å². The molecule has 3 aliphatic heterocycles. The van der Waals surface area contributed by atoms with Crippen LogP contribution in [0.4, 0.5) is 0 Å². The molecule has 5 atom stereocenters. The number of carbonyl (C=O) groups excluding carboxylic acids is 1. The summed E-state index contributed by atoms with van der Waals surface area (Å²) in [5, 5.41) is 3.01. The minimum absolute atomic E-state index is 0.128.